The molecule has 4 heteroatoms. The summed E-state index contributed by atoms with van der Waals surface area (Å²) in [5.41, 5.74) is -0.627. The lowest BCUT2D eigenvalue weighted by Crippen LogP contribution is -2.34. The van der Waals surface area contributed by atoms with E-state index in [2.05, 4.69) is 0 Å². The number of carbonyl (C=O) groups is 2. The van der Waals surface area contributed by atoms with Crippen LogP contribution in [0.1, 0.15) is 26.7 Å². The molecule has 0 spiro atoms. The van der Waals surface area contributed by atoms with E-state index in [1.807, 2.05) is 0 Å². The van der Waals surface area contributed by atoms with Crippen LogP contribution in [0.2, 0.25) is 0 Å². The Morgan fingerprint density at radius 1 is 1.08 bits per heavy atom. The van der Waals surface area contributed by atoms with Gasteiger partial charge in [-0.2, -0.15) is 0 Å². The second-order valence-electron chi connectivity index (χ2n) is 4.18. The quantitative estimate of drug-likeness (QED) is 0.679. The van der Waals surface area contributed by atoms with Gasteiger partial charge < -0.3 is 10.2 Å². The molecule has 0 heterocycles. The molecular weight excluding hydrogens is 172 g/mol. The van der Waals surface area contributed by atoms with E-state index in [1.165, 1.54) is 0 Å². The molecule has 0 aromatic carbocycles. The molecule has 1 saturated carbocycles. The third-order valence-corrected chi connectivity index (χ3v) is 3.14. The van der Waals surface area contributed by atoms with E-state index in [9.17, 15) is 9.59 Å². The molecule has 0 aromatic heterocycles. The Bertz CT molecular complexity index is 220. The zero-order valence-corrected chi connectivity index (χ0v) is 7.78. The molecule has 1 fully saturated rings. The molecule has 1 rings (SSSR count). The predicted molar refractivity (Wildman–Crippen MR) is 45.3 cm³/mol. The summed E-state index contributed by atoms with van der Waals surface area (Å²) in [4.78, 5) is 21.6. The van der Waals surface area contributed by atoms with Crippen molar-refractivity contribution in [2.75, 3.05) is 0 Å². The Balaban J connectivity index is 2.88. The van der Waals surface area contributed by atoms with Gasteiger partial charge in [-0.05, 0) is 18.3 Å². The first-order chi connectivity index (χ1) is 5.87. The summed E-state index contributed by atoms with van der Waals surface area (Å²) >= 11 is 0. The van der Waals surface area contributed by atoms with Crippen molar-refractivity contribution in [1.82, 2.24) is 0 Å². The summed E-state index contributed by atoms with van der Waals surface area (Å²) in [6.07, 6.45) is 0.943. The van der Waals surface area contributed by atoms with E-state index in [1.54, 1.807) is 13.8 Å². The third kappa shape index (κ3) is 1.53. The lowest BCUT2D eigenvalue weighted by atomic mass is 9.75. The van der Waals surface area contributed by atoms with E-state index in [0.717, 1.165) is 0 Å². The van der Waals surface area contributed by atoms with Crippen LogP contribution in [-0.2, 0) is 9.59 Å². The van der Waals surface area contributed by atoms with Gasteiger partial charge in [-0.1, -0.05) is 13.8 Å². The zero-order chi connectivity index (χ0) is 10.2. The highest BCUT2D eigenvalue weighted by atomic mass is 16.4. The molecule has 0 radical (unpaired) electrons. The maximum Gasteiger partial charge on any atom is 0.307 e. The lowest BCUT2D eigenvalue weighted by molar-refractivity contribution is -0.149. The number of carboxylic acids is 2. The predicted octanol–water partition coefficient (Wildman–Crippen LogP) is 1.21. The van der Waals surface area contributed by atoms with Crippen molar-refractivity contribution in [2.24, 2.45) is 17.3 Å². The fourth-order valence-electron chi connectivity index (χ4n) is 2.20. The zero-order valence-electron chi connectivity index (χ0n) is 7.78. The molecule has 1 aliphatic rings. The van der Waals surface area contributed by atoms with Crippen LogP contribution >= 0.6 is 0 Å². The van der Waals surface area contributed by atoms with Gasteiger partial charge in [0.25, 0.3) is 0 Å². The highest BCUT2D eigenvalue weighted by Crippen LogP contribution is 2.47. The van der Waals surface area contributed by atoms with Crippen LogP contribution in [0.5, 0.6) is 0 Å². The SMILES string of the molecule is CC1(C)[C@@H](C(=O)O)CC[C@H]1C(=O)O. The van der Waals surface area contributed by atoms with E-state index in [-0.39, 0.29) is 0 Å². The highest BCUT2D eigenvalue weighted by Gasteiger charge is 2.49. The van der Waals surface area contributed by atoms with Crippen LogP contribution in [0, 0.1) is 17.3 Å². The number of rotatable bonds is 2. The van der Waals surface area contributed by atoms with E-state index in [4.69, 9.17) is 10.2 Å². The number of hydrogen-bond acceptors (Lipinski definition) is 2. The average molecular weight is 186 g/mol. The normalized spacial score (nSPS) is 31.5. The minimum Gasteiger partial charge on any atom is -0.481 e. The first-order valence-electron chi connectivity index (χ1n) is 4.33. The van der Waals surface area contributed by atoms with Crippen molar-refractivity contribution in [3.63, 3.8) is 0 Å². The number of aliphatic carboxylic acids is 2. The third-order valence-electron chi connectivity index (χ3n) is 3.14. The Morgan fingerprint density at radius 3 is 1.54 bits per heavy atom. The van der Waals surface area contributed by atoms with Crippen molar-refractivity contribution in [2.45, 2.75) is 26.7 Å². The maximum absolute atomic E-state index is 10.8. The molecule has 0 bridgehead atoms. The molecule has 4 nitrogen and oxygen atoms in total. The van der Waals surface area contributed by atoms with Gasteiger partial charge in [0.2, 0.25) is 0 Å². The average Bonchev–Trinajstić information content (AvgIpc) is 2.24. The standard InChI is InChI=1S/C9H14O4/c1-9(2)5(7(10)11)3-4-6(9)8(12)13/h5-6H,3-4H2,1-2H3,(H,10,11)(H,12,13)/t5-,6+. The van der Waals surface area contributed by atoms with Crippen molar-refractivity contribution >= 4 is 11.9 Å². The van der Waals surface area contributed by atoms with E-state index >= 15 is 0 Å². The molecule has 0 aliphatic heterocycles. The molecule has 0 amide bonds. The monoisotopic (exact) mass is 186 g/mol. The Hall–Kier alpha value is -1.06. The molecule has 0 unspecified atom stereocenters. The second kappa shape index (κ2) is 3.01. The first-order valence-corrected chi connectivity index (χ1v) is 4.33. The van der Waals surface area contributed by atoms with Gasteiger partial charge in [-0.3, -0.25) is 9.59 Å². The highest BCUT2D eigenvalue weighted by molar-refractivity contribution is 5.77. The Kier molecular flexibility index (Phi) is 2.32. The Morgan fingerprint density at radius 2 is 1.38 bits per heavy atom. The minimum atomic E-state index is -0.881. The molecule has 13 heavy (non-hydrogen) atoms. The van der Waals surface area contributed by atoms with Crippen LogP contribution in [0.25, 0.3) is 0 Å². The second-order valence-corrected chi connectivity index (χ2v) is 4.18. The summed E-state index contributed by atoms with van der Waals surface area (Å²) < 4.78 is 0. The van der Waals surface area contributed by atoms with Gasteiger partial charge in [0.15, 0.2) is 0 Å². The van der Waals surface area contributed by atoms with Crippen LogP contribution in [0.4, 0.5) is 0 Å². The molecule has 2 N–H and O–H groups in total. The smallest absolute Gasteiger partial charge is 0.307 e. The molecule has 0 saturated heterocycles. The van der Waals surface area contributed by atoms with Gasteiger partial charge in [-0.15, -0.1) is 0 Å². The van der Waals surface area contributed by atoms with Crippen molar-refractivity contribution in [1.29, 1.82) is 0 Å². The fraction of sp³-hybridized carbons (Fsp3) is 0.778. The molecule has 74 valence electrons. The van der Waals surface area contributed by atoms with Crippen molar-refractivity contribution < 1.29 is 19.8 Å². The van der Waals surface area contributed by atoms with Gasteiger partial charge >= 0.3 is 11.9 Å². The largest absolute Gasteiger partial charge is 0.481 e. The molecular formula is C9H14O4. The van der Waals surface area contributed by atoms with E-state index < -0.39 is 29.2 Å². The molecule has 0 aromatic rings. The van der Waals surface area contributed by atoms with Crippen LogP contribution < -0.4 is 0 Å². The molecule has 2 atom stereocenters. The van der Waals surface area contributed by atoms with Crippen molar-refractivity contribution in [3.8, 4) is 0 Å². The van der Waals surface area contributed by atoms with E-state index in [0.29, 0.717) is 12.8 Å². The summed E-state index contributed by atoms with van der Waals surface area (Å²) in [6, 6.07) is 0. The molecule has 1 aliphatic carbocycles. The summed E-state index contributed by atoms with van der Waals surface area (Å²) in [5.74, 6) is -2.80. The Labute approximate surface area is 76.6 Å². The van der Waals surface area contributed by atoms with Crippen molar-refractivity contribution in [3.05, 3.63) is 0 Å². The maximum atomic E-state index is 10.8. The lowest BCUT2D eigenvalue weighted by Gasteiger charge is -2.27. The van der Waals surface area contributed by atoms with Crippen LogP contribution in [0.3, 0.4) is 0 Å². The summed E-state index contributed by atoms with van der Waals surface area (Å²) in [7, 11) is 0. The topological polar surface area (TPSA) is 74.6 Å². The van der Waals surface area contributed by atoms with Gasteiger partial charge in [-0.25, -0.2) is 0 Å². The van der Waals surface area contributed by atoms with Gasteiger partial charge in [0.05, 0.1) is 11.8 Å². The number of carboxylic acid groups (broad SMARTS) is 2. The van der Waals surface area contributed by atoms with Crippen LogP contribution in [0.15, 0.2) is 0 Å². The first kappa shape index (κ1) is 10.0. The van der Waals surface area contributed by atoms with Crippen LogP contribution in [-0.4, -0.2) is 22.2 Å². The number of hydrogen-bond donors (Lipinski definition) is 2. The van der Waals surface area contributed by atoms with Gasteiger partial charge in [0, 0.05) is 0 Å². The minimum absolute atomic E-state index is 0.472. The summed E-state index contributed by atoms with van der Waals surface area (Å²) in [6.45, 7) is 3.44. The van der Waals surface area contributed by atoms with Gasteiger partial charge in [0.1, 0.15) is 0 Å². The fourth-order valence-corrected chi connectivity index (χ4v) is 2.20. The summed E-state index contributed by atoms with van der Waals surface area (Å²) in [5, 5.41) is 17.7.